The van der Waals surface area contributed by atoms with Crippen LogP contribution in [0.3, 0.4) is 0 Å². The van der Waals surface area contributed by atoms with Crippen LogP contribution in [0.2, 0.25) is 0 Å². The minimum Gasteiger partial charge on any atom is -0.330 e. The zero-order chi connectivity index (χ0) is 17.0. The van der Waals surface area contributed by atoms with E-state index in [1.165, 1.54) is 24.3 Å². The number of hydrogen-bond donors (Lipinski definition) is 1. The Bertz CT molecular complexity index is 645. The van der Waals surface area contributed by atoms with Gasteiger partial charge in [0.05, 0.1) is 9.82 Å². The van der Waals surface area contributed by atoms with Crippen LogP contribution in [0.25, 0.3) is 0 Å². The highest BCUT2D eigenvalue weighted by molar-refractivity contribution is 7.89. The average molecular weight is 341 g/mol. The highest BCUT2D eigenvalue weighted by Crippen LogP contribution is 2.31. The third-order valence-corrected chi connectivity index (χ3v) is 6.36. The summed E-state index contributed by atoms with van der Waals surface area (Å²) in [6.07, 6.45) is 3.35. The van der Waals surface area contributed by atoms with Crippen LogP contribution in [-0.2, 0) is 10.0 Å². The number of piperidine rings is 1. The molecule has 1 aliphatic rings. The molecule has 0 saturated carbocycles. The molecule has 0 bridgehead atoms. The van der Waals surface area contributed by atoms with Gasteiger partial charge in [-0.1, -0.05) is 6.92 Å². The largest absolute Gasteiger partial charge is 0.330 e. The summed E-state index contributed by atoms with van der Waals surface area (Å²) in [4.78, 5) is 10.3. The standard InChI is InChI=1S/C15H23N3O4S/c1-12-4-3-11-17(15(12)5-2-10-16)23(21,22)14-8-6-13(7-9-14)18(19)20/h6-9,12,15H,2-5,10-11,16H2,1H3/t12-,15-/m1/s1. The van der Waals surface area contributed by atoms with E-state index < -0.39 is 14.9 Å². The van der Waals surface area contributed by atoms with Crippen molar-refractivity contribution in [2.24, 2.45) is 11.7 Å². The van der Waals surface area contributed by atoms with Crippen molar-refractivity contribution in [1.82, 2.24) is 4.31 Å². The summed E-state index contributed by atoms with van der Waals surface area (Å²) in [5.41, 5.74) is 5.45. The number of nitro groups is 1. The number of nitro benzene ring substituents is 1. The summed E-state index contributed by atoms with van der Waals surface area (Å²) < 4.78 is 27.4. The minimum atomic E-state index is -3.65. The van der Waals surface area contributed by atoms with Gasteiger partial charge in [0.2, 0.25) is 10.0 Å². The van der Waals surface area contributed by atoms with E-state index in [0.29, 0.717) is 13.1 Å². The first-order chi connectivity index (χ1) is 10.9. The Morgan fingerprint density at radius 2 is 2.00 bits per heavy atom. The molecule has 128 valence electrons. The van der Waals surface area contributed by atoms with E-state index in [1.54, 1.807) is 4.31 Å². The summed E-state index contributed by atoms with van der Waals surface area (Å²) in [5.74, 6) is 0.281. The van der Waals surface area contributed by atoms with Gasteiger partial charge in [-0.15, -0.1) is 0 Å². The maximum Gasteiger partial charge on any atom is 0.269 e. The number of rotatable bonds is 6. The van der Waals surface area contributed by atoms with Crippen LogP contribution < -0.4 is 5.73 Å². The molecule has 7 nitrogen and oxygen atoms in total. The Morgan fingerprint density at radius 1 is 1.35 bits per heavy atom. The van der Waals surface area contributed by atoms with Gasteiger partial charge in [0.25, 0.3) is 5.69 Å². The molecule has 0 unspecified atom stereocenters. The Morgan fingerprint density at radius 3 is 2.57 bits per heavy atom. The number of nitrogens with two attached hydrogens (primary N) is 1. The normalized spacial score (nSPS) is 22.9. The number of benzene rings is 1. The fourth-order valence-electron chi connectivity index (χ4n) is 3.14. The third-order valence-electron chi connectivity index (χ3n) is 4.42. The molecule has 0 aliphatic carbocycles. The molecule has 2 N–H and O–H groups in total. The first kappa shape index (κ1) is 17.8. The Kier molecular flexibility index (Phi) is 5.72. The SMILES string of the molecule is C[C@@H]1CCCN(S(=O)(=O)c2ccc([N+](=O)[O-])cc2)[C@@H]1CCCN. The van der Waals surface area contributed by atoms with Gasteiger partial charge in [-0.25, -0.2) is 8.42 Å². The van der Waals surface area contributed by atoms with Gasteiger partial charge >= 0.3 is 0 Å². The highest BCUT2D eigenvalue weighted by atomic mass is 32.2. The zero-order valence-corrected chi connectivity index (χ0v) is 14.0. The first-order valence-corrected chi connectivity index (χ1v) is 9.28. The lowest BCUT2D eigenvalue weighted by molar-refractivity contribution is -0.384. The van der Waals surface area contributed by atoms with Gasteiger partial charge in [0.1, 0.15) is 0 Å². The zero-order valence-electron chi connectivity index (χ0n) is 13.2. The molecule has 23 heavy (non-hydrogen) atoms. The van der Waals surface area contributed by atoms with Crippen LogP contribution >= 0.6 is 0 Å². The molecular weight excluding hydrogens is 318 g/mol. The van der Waals surface area contributed by atoms with E-state index in [2.05, 4.69) is 6.92 Å². The van der Waals surface area contributed by atoms with E-state index in [0.717, 1.165) is 25.7 Å². The van der Waals surface area contributed by atoms with Crippen molar-refractivity contribution in [2.45, 2.75) is 43.5 Å². The Balaban J connectivity index is 2.29. The van der Waals surface area contributed by atoms with Crippen molar-refractivity contribution in [3.8, 4) is 0 Å². The third kappa shape index (κ3) is 3.88. The van der Waals surface area contributed by atoms with Crippen LogP contribution in [0.1, 0.15) is 32.6 Å². The van der Waals surface area contributed by atoms with E-state index >= 15 is 0 Å². The van der Waals surface area contributed by atoms with Gasteiger partial charge in [0, 0.05) is 24.7 Å². The fourth-order valence-corrected chi connectivity index (χ4v) is 4.93. The predicted molar refractivity (Wildman–Crippen MR) is 87.5 cm³/mol. The molecule has 8 heteroatoms. The Hall–Kier alpha value is -1.51. The maximum atomic E-state index is 12.9. The molecular formula is C15H23N3O4S. The number of sulfonamides is 1. The minimum absolute atomic E-state index is 0.0625. The molecule has 1 aromatic rings. The van der Waals surface area contributed by atoms with Gasteiger partial charge in [-0.05, 0) is 50.3 Å². The van der Waals surface area contributed by atoms with Crippen molar-refractivity contribution >= 4 is 15.7 Å². The molecule has 0 amide bonds. The second-order valence-electron chi connectivity index (χ2n) is 5.98. The number of hydrogen-bond acceptors (Lipinski definition) is 5. The molecule has 1 heterocycles. The topological polar surface area (TPSA) is 107 Å². The monoisotopic (exact) mass is 341 g/mol. The van der Waals surface area contributed by atoms with Gasteiger partial charge in [-0.3, -0.25) is 10.1 Å². The van der Waals surface area contributed by atoms with Crippen LogP contribution in [0.5, 0.6) is 0 Å². The second-order valence-corrected chi connectivity index (χ2v) is 7.88. The number of nitrogens with zero attached hydrogens (tertiary/aromatic N) is 2. The summed E-state index contributed by atoms with van der Waals surface area (Å²) in [6.45, 7) is 3.09. The lowest BCUT2D eigenvalue weighted by Gasteiger charge is -2.39. The van der Waals surface area contributed by atoms with Crippen molar-refractivity contribution in [3.63, 3.8) is 0 Å². The van der Waals surface area contributed by atoms with E-state index in [4.69, 9.17) is 5.73 Å². The molecule has 0 spiro atoms. The van der Waals surface area contributed by atoms with Crippen molar-refractivity contribution < 1.29 is 13.3 Å². The van der Waals surface area contributed by atoms with Crippen LogP contribution in [0.4, 0.5) is 5.69 Å². The van der Waals surface area contributed by atoms with Crippen molar-refractivity contribution in [1.29, 1.82) is 0 Å². The molecule has 1 aromatic carbocycles. The van der Waals surface area contributed by atoms with E-state index in [-0.39, 0.29) is 22.5 Å². The fraction of sp³-hybridized carbons (Fsp3) is 0.600. The van der Waals surface area contributed by atoms with Gasteiger partial charge in [-0.2, -0.15) is 4.31 Å². The molecule has 1 saturated heterocycles. The lowest BCUT2D eigenvalue weighted by Crippen LogP contribution is -2.47. The van der Waals surface area contributed by atoms with Crippen molar-refractivity contribution in [2.75, 3.05) is 13.1 Å². The molecule has 1 fully saturated rings. The molecule has 0 aromatic heterocycles. The molecule has 0 radical (unpaired) electrons. The van der Waals surface area contributed by atoms with Crippen LogP contribution in [-0.4, -0.2) is 36.8 Å². The van der Waals surface area contributed by atoms with Crippen molar-refractivity contribution in [3.05, 3.63) is 34.4 Å². The van der Waals surface area contributed by atoms with Crippen LogP contribution in [0.15, 0.2) is 29.2 Å². The van der Waals surface area contributed by atoms with E-state index in [9.17, 15) is 18.5 Å². The maximum absolute atomic E-state index is 12.9. The molecule has 1 aliphatic heterocycles. The Labute approximate surface area is 136 Å². The molecule has 2 rings (SSSR count). The molecule has 2 atom stereocenters. The smallest absolute Gasteiger partial charge is 0.269 e. The van der Waals surface area contributed by atoms with Gasteiger partial charge in [0.15, 0.2) is 0 Å². The summed E-state index contributed by atoms with van der Waals surface area (Å²) in [5, 5.41) is 10.7. The lowest BCUT2D eigenvalue weighted by atomic mass is 9.90. The summed E-state index contributed by atoms with van der Waals surface area (Å²) in [7, 11) is -3.65. The quantitative estimate of drug-likeness (QED) is 0.630. The highest BCUT2D eigenvalue weighted by Gasteiger charge is 2.36. The summed E-state index contributed by atoms with van der Waals surface area (Å²) >= 11 is 0. The average Bonchev–Trinajstić information content (AvgIpc) is 2.53. The first-order valence-electron chi connectivity index (χ1n) is 7.84. The van der Waals surface area contributed by atoms with E-state index in [1.807, 2.05) is 0 Å². The summed E-state index contributed by atoms with van der Waals surface area (Å²) in [6, 6.07) is 5.02. The number of non-ortho nitro benzene ring substituents is 1. The van der Waals surface area contributed by atoms with Gasteiger partial charge < -0.3 is 5.73 Å². The van der Waals surface area contributed by atoms with Crippen LogP contribution in [0, 0.1) is 16.0 Å². The predicted octanol–water partition coefficient (Wildman–Crippen LogP) is 2.12. The second kappa shape index (κ2) is 7.37.